The predicted molar refractivity (Wildman–Crippen MR) is 92.3 cm³/mol. The van der Waals surface area contributed by atoms with Gasteiger partial charge in [0.05, 0.1) is 5.60 Å². The van der Waals surface area contributed by atoms with Gasteiger partial charge in [0.2, 0.25) is 0 Å². The van der Waals surface area contributed by atoms with Crippen molar-refractivity contribution in [2.75, 3.05) is 13.2 Å². The maximum Gasteiger partial charge on any atom is 0.129 e. The number of benzene rings is 1. The minimum atomic E-state index is -0.601. The van der Waals surface area contributed by atoms with Crippen LogP contribution in [0.4, 0.5) is 0 Å². The first kappa shape index (κ1) is 16.5. The van der Waals surface area contributed by atoms with Crippen LogP contribution in [0.3, 0.4) is 0 Å². The number of rotatable bonds is 5. The number of nitrogens with two attached hydrogens (primary N) is 1. The molecule has 1 aromatic carbocycles. The SMILES string of the molecule is C[C@]12CC[C@H](c3ccccc3)C[C@@]1(O)CC[C@@H]2/C=N\OCCN. The van der Waals surface area contributed by atoms with Crippen LogP contribution in [0.2, 0.25) is 0 Å². The fourth-order valence-corrected chi connectivity index (χ4v) is 4.55. The van der Waals surface area contributed by atoms with E-state index in [0.29, 0.717) is 19.1 Å². The Morgan fingerprint density at radius 3 is 2.83 bits per heavy atom. The Labute approximate surface area is 138 Å². The molecule has 0 radical (unpaired) electrons. The molecular weight excluding hydrogens is 288 g/mol. The van der Waals surface area contributed by atoms with Gasteiger partial charge in [-0.25, -0.2) is 0 Å². The Kier molecular flexibility index (Phi) is 4.74. The lowest BCUT2D eigenvalue weighted by molar-refractivity contribution is -0.0959. The summed E-state index contributed by atoms with van der Waals surface area (Å²) in [5, 5.41) is 15.4. The molecule has 3 N–H and O–H groups in total. The van der Waals surface area contributed by atoms with Gasteiger partial charge in [-0.2, -0.15) is 0 Å². The van der Waals surface area contributed by atoms with Crippen molar-refractivity contribution in [1.29, 1.82) is 0 Å². The summed E-state index contributed by atoms with van der Waals surface area (Å²) in [6.45, 7) is 3.14. The predicted octanol–water partition coefficient (Wildman–Crippen LogP) is 3.06. The van der Waals surface area contributed by atoms with Crippen LogP contribution >= 0.6 is 0 Å². The molecule has 1 aromatic rings. The van der Waals surface area contributed by atoms with Crippen LogP contribution in [0.15, 0.2) is 35.5 Å². The molecular formula is C19H28N2O2. The minimum Gasteiger partial charge on any atom is -0.395 e. The first-order valence-electron chi connectivity index (χ1n) is 8.72. The van der Waals surface area contributed by atoms with E-state index in [-0.39, 0.29) is 11.3 Å². The van der Waals surface area contributed by atoms with Gasteiger partial charge in [0.1, 0.15) is 6.61 Å². The van der Waals surface area contributed by atoms with Crippen molar-refractivity contribution in [3.8, 4) is 0 Å². The average Bonchev–Trinajstić information content (AvgIpc) is 2.83. The lowest BCUT2D eigenvalue weighted by atomic mass is 9.59. The summed E-state index contributed by atoms with van der Waals surface area (Å²) in [6, 6.07) is 10.6. The van der Waals surface area contributed by atoms with Crippen molar-refractivity contribution in [3.63, 3.8) is 0 Å². The molecule has 0 aromatic heterocycles. The van der Waals surface area contributed by atoms with Crippen molar-refractivity contribution < 1.29 is 9.94 Å². The first-order valence-corrected chi connectivity index (χ1v) is 8.72. The number of fused-ring (bicyclic) bond motifs is 1. The van der Waals surface area contributed by atoms with Gasteiger partial charge in [0, 0.05) is 24.1 Å². The highest BCUT2D eigenvalue weighted by Crippen LogP contribution is 2.60. The lowest BCUT2D eigenvalue weighted by Gasteiger charge is -2.48. The third kappa shape index (κ3) is 3.02. The van der Waals surface area contributed by atoms with Crippen LogP contribution in [0.5, 0.6) is 0 Å². The topological polar surface area (TPSA) is 67.8 Å². The molecule has 0 saturated heterocycles. The Morgan fingerprint density at radius 1 is 1.30 bits per heavy atom. The van der Waals surface area contributed by atoms with E-state index >= 15 is 0 Å². The Morgan fingerprint density at radius 2 is 2.09 bits per heavy atom. The van der Waals surface area contributed by atoms with Gasteiger partial charge in [-0.3, -0.25) is 0 Å². The van der Waals surface area contributed by atoms with E-state index in [4.69, 9.17) is 10.6 Å². The van der Waals surface area contributed by atoms with Crippen molar-refractivity contribution >= 4 is 6.21 Å². The second kappa shape index (κ2) is 6.62. The summed E-state index contributed by atoms with van der Waals surface area (Å²) >= 11 is 0. The summed E-state index contributed by atoms with van der Waals surface area (Å²) in [5.41, 5.74) is 6.06. The van der Waals surface area contributed by atoms with Crippen LogP contribution < -0.4 is 5.73 Å². The lowest BCUT2D eigenvalue weighted by Crippen LogP contribution is -2.49. The zero-order chi connectivity index (χ0) is 16.3. The highest BCUT2D eigenvalue weighted by molar-refractivity contribution is 5.62. The second-order valence-corrected chi connectivity index (χ2v) is 7.32. The summed E-state index contributed by atoms with van der Waals surface area (Å²) < 4.78 is 0. The third-order valence-electron chi connectivity index (χ3n) is 6.14. The summed E-state index contributed by atoms with van der Waals surface area (Å²) in [5.74, 6) is 0.737. The maximum atomic E-state index is 11.4. The van der Waals surface area contributed by atoms with Crippen LogP contribution in [0.1, 0.15) is 50.5 Å². The van der Waals surface area contributed by atoms with E-state index in [0.717, 1.165) is 32.1 Å². The van der Waals surface area contributed by atoms with E-state index in [1.54, 1.807) is 0 Å². The van der Waals surface area contributed by atoms with Crippen LogP contribution in [-0.2, 0) is 4.84 Å². The third-order valence-corrected chi connectivity index (χ3v) is 6.14. The van der Waals surface area contributed by atoms with Crippen molar-refractivity contribution in [2.45, 2.75) is 50.5 Å². The van der Waals surface area contributed by atoms with E-state index in [2.05, 4.69) is 42.4 Å². The largest absolute Gasteiger partial charge is 0.395 e. The zero-order valence-corrected chi connectivity index (χ0v) is 13.9. The monoisotopic (exact) mass is 316 g/mol. The van der Waals surface area contributed by atoms with Crippen LogP contribution in [0, 0.1) is 11.3 Å². The number of aliphatic hydroxyl groups is 1. The minimum absolute atomic E-state index is 0.103. The fourth-order valence-electron chi connectivity index (χ4n) is 4.55. The Bertz CT molecular complexity index is 548. The molecule has 0 heterocycles. The van der Waals surface area contributed by atoms with Gasteiger partial charge < -0.3 is 15.7 Å². The molecule has 4 nitrogen and oxygen atoms in total. The molecule has 3 rings (SSSR count). The molecule has 2 saturated carbocycles. The van der Waals surface area contributed by atoms with Gasteiger partial charge in [-0.05, 0) is 43.6 Å². The standard InChI is InChI=1S/C19H28N2O2/c1-18-9-7-16(15-5-3-2-4-6-15)13-19(18,22)10-8-17(18)14-21-23-12-11-20/h2-6,14,16-17,22H,7-13,20H2,1H3/b21-14-/t16-,17+,18+,19-/m0/s1. The van der Waals surface area contributed by atoms with Crippen molar-refractivity contribution in [1.82, 2.24) is 0 Å². The van der Waals surface area contributed by atoms with Crippen molar-refractivity contribution in [2.24, 2.45) is 22.2 Å². The van der Waals surface area contributed by atoms with Gasteiger partial charge in [-0.1, -0.05) is 42.4 Å². The fraction of sp³-hybridized carbons (Fsp3) is 0.632. The van der Waals surface area contributed by atoms with Gasteiger partial charge in [0.15, 0.2) is 0 Å². The van der Waals surface area contributed by atoms with Gasteiger partial charge in [-0.15, -0.1) is 0 Å². The quantitative estimate of drug-likeness (QED) is 0.498. The molecule has 2 fully saturated rings. The van der Waals surface area contributed by atoms with Crippen LogP contribution in [0.25, 0.3) is 0 Å². The summed E-state index contributed by atoms with van der Waals surface area (Å²) in [7, 11) is 0. The summed E-state index contributed by atoms with van der Waals surface area (Å²) in [4.78, 5) is 5.16. The molecule has 126 valence electrons. The molecule has 0 bridgehead atoms. The molecule has 23 heavy (non-hydrogen) atoms. The Balaban J connectivity index is 1.72. The number of hydrogen-bond donors (Lipinski definition) is 2. The van der Waals surface area contributed by atoms with E-state index in [1.807, 2.05) is 6.21 Å². The normalized spacial score (nSPS) is 37.0. The number of nitrogens with zero attached hydrogens (tertiary/aromatic N) is 1. The number of oxime groups is 1. The molecule has 2 aliphatic rings. The molecule has 2 aliphatic carbocycles. The van der Waals surface area contributed by atoms with E-state index < -0.39 is 5.60 Å². The van der Waals surface area contributed by atoms with E-state index in [9.17, 15) is 5.11 Å². The molecule has 0 unspecified atom stereocenters. The molecule has 4 heteroatoms. The smallest absolute Gasteiger partial charge is 0.129 e. The second-order valence-electron chi connectivity index (χ2n) is 7.32. The molecule has 0 spiro atoms. The maximum absolute atomic E-state index is 11.4. The highest BCUT2D eigenvalue weighted by Gasteiger charge is 2.58. The highest BCUT2D eigenvalue weighted by atomic mass is 16.6. The van der Waals surface area contributed by atoms with Crippen molar-refractivity contribution in [3.05, 3.63) is 35.9 Å². The number of hydrogen-bond acceptors (Lipinski definition) is 4. The zero-order valence-electron chi connectivity index (χ0n) is 13.9. The average molecular weight is 316 g/mol. The first-order chi connectivity index (χ1) is 11.1. The molecule has 4 atom stereocenters. The summed E-state index contributed by atoms with van der Waals surface area (Å²) in [6.07, 6.45) is 6.72. The molecule has 0 amide bonds. The van der Waals surface area contributed by atoms with Gasteiger partial charge >= 0.3 is 0 Å². The molecule has 0 aliphatic heterocycles. The van der Waals surface area contributed by atoms with E-state index in [1.165, 1.54) is 5.56 Å². The van der Waals surface area contributed by atoms with Crippen LogP contribution in [-0.4, -0.2) is 30.1 Å². The van der Waals surface area contributed by atoms with Gasteiger partial charge in [0.25, 0.3) is 0 Å². The Hall–Kier alpha value is -1.39.